The molecule has 0 aromatic heterocycles. The molecule has 0 spiro atoms. The van der Waals surface area contributed by atoms with Crippen molar-refractivity contribution in [2.75, 3.05) is 19.6 Å². The van der Waals surface area contributed by atoms with Gasteiger partial charge in [0.25, 0.3) is 0 Å². The number of rotatable bonds is 12. The van der Waals surface area contributed by atoms with Crippen LogP contribution in [0.4, 0.5) is 0 Å². The van der Waals surface area contributed by atoms with Crippen LogP contribution in [0.5, 0.6) is 0 Å². The monoisotopic (exact) mass is 411 g/mol. The molecule has 164 valence electrons. The molecule has 0 aromatic rings. The highest BCUT2D eigenvalue weighted by Gasteiger charge is 2.34. The Morgan fingerprint density at radius 1 is 1.07 bits per heavy atom. The Labute approximate surface area is 170 Å². The molecule has 1 saturated heterocycles. The Morgan fingerprint density at radius 2 is 1.66 bits per heavy atom. The Morgan fingerprint density at radius 3 is 2.21 bits per heavy atom. The highest BCUT2D eigenvalue weighted by Crippen LogP contribution is 2.18. The highest BCUT2D eigenvalue weighted by atomic mass is 16.2. The number of nitrogens with zero attached hydrogens (tertiary/aromatic N) is 3. The number of hydrogen-bond donors (Lipinski definition) is 6. The summed E-state index contributed by atoms with van der Waals surface area (Å²) in [7, 11) is 0. The summed E-state index contributed by atoms with van der Waals surface area (Å²) in [6.07, 6.45) is 3.81. The standard InChI is InChI=1S/C17H33N9O3/c18-12(5-1-7-23-16(19)20)14(28)25-13(6-2-8-24-17(21)22)15(29)26-9-3-4-11(26)10-27/h10-13H,1-9,18H2,(H,25,28)(H4,19,20,23)(H4,21,22,24)/t11-,12+,13-/m0/s1. The van der Waals surface area contributed by atoms with Crippen molar-refractivity contribution in [3.63, 3.8) is 0 Å². The fraction of sp³-hybridized carbons (Fsp3) is 0.706. The van der Waals surface area contributed by atoms with Crippen LogP contribution in [-0.2, 0) is 14.4 Å². The third-order valence-electron chi connectivity index (χ3n) is 4.60. The van der Waals surface area contributed by atoms with Crippen molar-refractivity contribution in [2.24, 2.45) is 38.7 Å². The second-order valence-electron chi connectivity index (χ2n) is 6.94. The van der Waals surface area contributed by atoms with Gasteiger partial charge in [-0.25, -0.2) is 0 Å². The first-order chi connectivity index (χ1) is 13.8. The Hall–Kier alpha value is -2.89. The first kappa shape index (κ1) is 24.1. The minimum absolute atomic E-state index is 0.0233. The van der Waals surface area contributed by atoms with Gasteiger partial charge in [-0.2, -0.15) is 0 Å². The average Bonchev–Trinajstić information content (AvgIpc) is 3.15. The normalized spacial score (nSPS) is 17.8. The van der Waals surface area contributed by atoms with Gasteiger partial charge in [0.05, 0.1) is 12.1 Å². The van der Waals surface area contributed by atoms with Crippen molar-refractivity contribution in [3.8, 4) is 0 Å². The number of nitrogens with one attached hydrogen (secondary N) is 1. The fourth-order valence-electron chi connectivity index (χ4n) is 3.10. The summed E-state index contributed by atoms with van der Waals surface area (Å²) >= 11 is 0. The van der Waals surface area contributed by atoms with Crippen molar-refractivity contribution in [1.29, 1.82) is 0 Å². The van der Waals surface area contributed by atoms with Crippen LogP contribution in [0, 0.1) is 0 Å². The molecular weight excluding hydrogens is 378 g/mol. The zero-order chi connectivity index (χ0) is 21.8. The van der Waals surface area contributed by atoms with Gasteiger partial charge in [-0.15, -0.1) is 0 Å². The van der Waals surface area contributed by atoms with Gasteiger partial charge in [-0.3, -0.25) is 19.6 Å². The van der Waals surface area contributed by atoms with Crippen LogP contribution in [0.2, 0.25) is 0 Å². The Balaban J connectivity index is 2.70. The zero-order valence-corrected chi connectivity index (χ0v) is 16.6. The topological polar surface area (TPSA) is 221 Å². The summed E-state index contributed by atoms with van der Waals surface area (Å²) in [5, 5.41) is 2.71. The molecule has 1 rings (SSSR count). The van der Waals surface area contributed by atoms with E-state index in [0.29, 0.717) is 51.7 Å². The van der Waals surface area contributed by atoms with E-state index in [0.717, 1.165) is 12.7 Å². The van der Waals surface area contributed by atoms with Gasteiger partial charge in [0, 0.05) is 19.6 Å². The van der Waals surface area contributed by atoms with Crippen molar-refractivity contribution in [1.82, 2.24) is 10.2 Å². The third kappa shape index (κ3) is 8.77. The number of amides is 2. The van der Waals surface area contributed by atoms with Crippen LogP contribution >= 0.6 is 0 Å². The van der Waals surface area contributed by atoms with Crippen LogP contribution in [0.1, 0.15) is 38.5 Å². The zero-order valence-electron chi connectivity index (χ0n) is 16.6. The lowest BCUT2D eigenvalue weighted by Crippen LogP contribution is -2.53. The van der Waals surface area contributed by atoms with E-state index >= 15 is 0 Å². The van der Waals surface area contributed by atoms with Crippen LogP contribution in [-0.4, -0.2) is 72.7 Å². The molecule has 12 nitrogen and oxygen atoms in total. The molecule has 0 bridgehead atoms. The van der Waals surface area contributed by atoms with Gasteiger partial charge in [-0.05, 0) is 38.5 Å². The SMILES string of the molecule is NC(N)=NCCC[C@@H](N)C(=O)N[C@@H](CCCN=C(N)N)C(=O)N1CCC[C@H]1C=O. The summed E-state index contributed by atoms with van der Waals surface area (Å²) in [4.78, 5) is 45.8. The molecule has 1 aliphatic rings. The molecule has 11 N–H and O–H groups in total. The van der Waals surface area contributed by atoms with Crippen molar-refractivity contribution in [2.45, 2.75) is 56.7 Å². The lowest BCUT2D eigenvalue weighted by molar-refractivity contribution is -0.139. The first-order valence-electron chi connectivity index (χ1n) is 9.68. The maximum Gasteiger partial charge on any atom is 0.245 e. The lowest BCUT2D eigenvalue weighted by Gasteiger charge is -2.27. The second-order valence-corrected chi connectivity index (χ2v) is 6.94. The molecule has 0 aliphatic carbocycles. The minimum atomic E-state index is -0.808. The molecule has 1 fully saturated rings. The van der Waals surface area contributed by atoms with Gasteiger partial charge in [-0.1, -0.05) is 0 Å². The van der Waals surface area contributed by atoms with Gasteiger partial charge in [0.15, 0.2) is 11.9 Å². The van der Waals surface area contributed by atoms with E-state index in [2.05, 4.69) is 15.3 Å². The van der Waals surface area contributed by atoms with Crippen molar-refractivity contribution >= 4 is 30.0 Å². The quantitative estimate of drug-likeness (QED) is 0.0843. The summed E-state index contributed by atoms with van der Waals surface area (Å²) in [6.45, 7) is 1.16. The maximum atomic E-state index is 12.9. The van der Waals surface area contributed by atoms with Crippen LogP contribution in [0.25, 0.3) is 0 Å². The van der Waals surface area contributed by atoms with E-state index in [1.54, 1.807) is 0 Å². The molecule has 3 atom stereocenters. The van der Waals surface area contributed by atoms with Crippen LogP contribution < -0.4 is 34.0 Å². The summed E-state index contributed by atoms with van der Waals surface area (Å²) in [6, 6.07) is -2.08. The Bertz CT molecular complexity index is 615. The van der Waals surface area contributed by atoms with Crippen molar-refractivity contribution < 1.29 is 14.4 Å². The van der Waals surface area contributed by atoms with E-state index < -0.39 is 24.0 Å². The molecule has 0 radical (unpaired) electrons. The maximum absolute atomic E-state index is 12.9. The largest absolute Gasteiger partial charge is 0.370 e. The van der Waals surface area contributed by atoms with Crippen LogP contribution in [0.3, 0.4) is 0 Å². The Kier molecular flexibility index (Phi) is 10.4. The average molecular weight is 412 g/mol. The molecule has 2 amide bonds. The fourth-order valence-corrected chi connectivity index (χ4v) is 3.10. The van der Waals surface area contributed by atoms with Gasteiger partial charge < -0.3 is 43.7 Å². The van der Waals surface area contributed by atoms with E-state index in [4.69, 9.17) is 28.7 Å². The molecule has 0 aromatic carbocycles. The number of carbonyl (C=O) groups excluding carboxylic acids is 3. The first-order valence-corrected chi connectivity index (χ1v) is 9.68. The van der Waals surface area contributed by atoms with E-state index in [1.807, 2.05) is 0 Å². The minimum Gasteiger partial charge on any atom is -0.370 e. The van der Waals surface area contributed by atoms with E-state index in [9.17, 15) is 14.4 Å². The predicted molar refractivity (Wildman–Crippen MR) is 111 cm³/mol. The molecule has 1 aliphatic heterocycles. The van der Waals surface area contributed by atoms with E-state index in [1.165, 1.54) is 4.90 Å². The number of aliphatic imine (C=N–C) groups is 2. The number of likely N-dealkylation sites (tertiary alicyclic amines) is 1. The molecule has 0 unspecified atom stereocenters. The molecule has 29 heavy (non-hydrogen) atoms. The highest BCUT2D eigenvalue weighted by molar-refractivity contribution is 5.91. The second kappa shape index (κ2) is 12.5. The lowest BCUT2D eigenvalue weighted by atomic mass is 10.1. The van der Waals surface area contributed by atoms with E-state index in [-0.39, 0.29) is 17.8 Å². The third-order valence-corrected chi connectivity index (χ3v) is 4.60. The summed E-state index contributed by atoms with van der Waals surface area (Å²) < 4.78 is 0. The van der Waals surface area contributed by atoms with Gasteiger partial charge in [0.2, 0.25) is 11.8 Å². The van der Waals surface area contributed by atoms with Gasteiger partial charge >= 0.3 is 0 Å². The number of guanidine groups is 2. The number of nitrogens with two attached hydrogens (primary N) is 5. The van der Waals surface area contributed by atoms with Crippen molar-refractivity contribution in [3.05, 3.63) is 0 Å². The smallest absolute Gasteiger partial charge is 0.245 e. The summed E-state index contributed by atoms with van der Waals surface area (Å²) in [5.41, 5.74) is 27.0. The van der Waals surface area contributed by atoms with Crippen LogP contribution in [0.15, 0.2) is 9.98 Å². The predicted octanol–water partition coefficient (Wildman–Crippen LogP) is -2.90. The molecular formula is C17H33N9O3. The molecule has 1 heterocycles. The molecule has 12 heteroatoms. The van der Waals surface area contributed by atoms with Gasteiger partial charge in [0.1, 0.15) is 12.3 Å². The number of aldehydes is 1. The summed E-state index contributed by atoms with van der Waals surface area (Å²) in [5.74, 6) is -0.813. The number of carbonyl (C=O) groups is 3. The number of hydrogen-bond acceptors (Lipinski definition) is 6. The molecule has 0 saturated carbocycles.